The smallest absolute Gasteiger partial charge is 0.256 e. The highest BCUT2D eigenvalue weighted by molar-refractivity contribution is 5.94. The molecule has 0 aliphatic carbocycles. The van der Waals surface area contributed by atoms with Crippen LogP contribution in [0.1, 0.15) is 36.0 Å². The number of hydrogen-bond acceptors (Lipinski definition) is 4. The monoisotopic (exact) mass is 274 g/mol. The van der Waals surface area contributed by atoms with E-state index in [9.17, 15) is 9.59 Å². The second-order valence-corrected chi connectivity index (χ2v) is 5.56. The first-order chi connectivity index (χ1) is 9.71. The summed E-state index contributed by atoms with van der Waals surface area (Å²) < 4.78 is 0. The number of likely N-dealkylation sites (tertiary alicyclic amines) is 1. The molecule has 20 heavy (non-hydrogen) atoms. The van der Waals surface area contributed by atoms with Crippen LogP contribution in [0.4, 0.5) is 0 Å². The molecule has 1 spiro atoms. The Kier molecular flexibility index (Phi) is 3.38. The molecular formula is C14H18N4O2. The summed E-state index contributed by atoms with van der Waals surface area (Å²) in [4.78, 5) is 33.9. The fourth-order valence-corrected chi connectivity index (χ4v) is 3.14. The Morgan fingerprint density at radius 3 is 2.55 bits per heavy atom. The Morgan fingerprint density at radius 1 is 1.20 bits per heavy atom. The molecule has 3 heterocycles. The second-order valence-electron chi connectivity index (χ2n) is 5.56. The lowest BCUT2D eigenvalue weighted by molar-refractivity contribution is -0.136. The third kappa shape index (κ3) is 2.26. The van der Waals surface area contributed by atoms with E-state index in [1.54, 1.807) is 4.90 Å². The topological polar surface area (TPSA) is 75.2 Å². The molecule has 2 fully saturated rings. The number of carbonyl (C=O) groups excluding carboxylic acids is 2. The summed E-state index contributed by atoms with van der Waals surface area (Å²) >= 11 is 0. The zero-order chi connectivity index (χ0) is 14.0. The van der Waals surface area contributed by atoms with Crippen molar-refractivity contribution in [3.63, 3.8) is 0 Å². The number of amides is 2. The largest absolute Gasteiger partial charge is 0.356 e. The normalized spacial score (nSPS) is 21.6. The minimum Gasteiger partial charge on any atom is -0.356 e. The van der Waals surface area contributed by atoms with Crippen molar-refractivity contribution < 1.29 is 9.59 Å². The predicted octanol–water partition coefficient (Wildman–Crippen LogP) is 0.609. The van der Waals surface area contributed by atoms with E-state index in [1.807, 2.05) is 0 Å². The van der Waals surface area contributed by atoms with Crippen LogP contribution in [-0.4, -0.2) is 46.3 Å². The molecule has 3 rings (SSSR count). The van der Waals surface area contributed by atoms with E-state index < -0.39 is 0 Å². The highest BCUT2D eigenvalue weighted by atomic mass is 16.2. The molecule has 0 saturated carbocycles. The summed E-state index contributed by atoms with van der Waals surface area (Å²) in [5, 5.41) is 2.96. The molecule has 0 aromatic carbocycles. The van der Waals surface area contributed by atoms with Gasteiger partial charge in [-0.3, -0.25) is 9.59 Å². The number of nitrogens with one attached hydrogen (secondary N) is 1. The lowest BCUT2D eigenvalue weighted by Gasteiger charge is -2.42. The number of nitrogens with zero attached hydrogens (tertiary/aromatic N) is 3. The van der Waals surface area contributed by atoms with E-state index in [0.717, 1.165) is 32.2 Å². The van der Waals surface area contributed by atoms with E-state index in [1.165, 1.54) is 18.7 Å². The predicted molar refractivity (Wildman–Crippen MR) is 71.8 cm³/mol. The first kappa shape index (κ1) is 13.0. The molecule has 1 N–H and O–H groups in total. The average Bonchev–Trinajstić information content (AvgIpc) is 2.51. The maximum Gasteiger partial charge on any atom is 0.256 e. The Hall–Kier alpha value is -1.98. The van der Waals surface area contributed by atoms with Gasteiger partial charge in [-0.05, 0) is 25.7 Å². The van der Waals surface area contributed by atoms with Crippen LogP contribution in [0.25, 0.3) is 0 Å². The van der Waals surface area contributed by atoms with Gasteiger partial charge in [-0.2, -0.15) is 0 Å². The van der Waals surface area contributed by atoms with Gasteiger partial charge < -0.3 is 10.2 Å². The number of aromatic nitrogens is 2. The van der Waals surface area contributed by atoms with Crippen molar-refractivity contribution in [1.82, 2.24) is 20.2 Å². The van der Waals surface area contributed by atoms with Crippen molar-refractivity contribution in [2.24, 2.45) is 5.41 Å². The molecule has 2 amide bonds. The lowest BCUT2D eigenvalue weighted by atomic mass is 9.72. The van der Waals surface area contributed by atoms with Crippen LogP contribution in [0.15, 0.2) is 18.7 Å². The van der Waals surface area contributed by atoms with Crippen LogP contribution in [-0.2, 0) is 4.79 Å². The SMILES string of the molecule is O=C(c1cncnc1)N1CCC2(CCCNC2=O)CC1. The fourth-order valence-electron chi connectivity index (χ4n) is 3.14. The number of carbonyl (C=O) groups is 2. The van der Waals surface area contributed by atoms with E-state index in [-0.39, 0.29) is 17.2 Å². The summed E-state index contributed by atoms with van der Waals surface area (Å²) in [6.07, 6.45) is 7.95. The minimum absolute atomic E-state index is 0.0448. The van der Waals surface area contributed by atoms with E-state index >= 15 is 0 Å². The first-order valence-electron chi connectivity index (χ1n) is 7.04. The lowest BCUT2D eigenvalue weighted by Crippen LogP contribution is -2.52. The van der Waals surface area contributed by atoms with Gasteiger partial charge in [-0.25, -0.2) is 9.97 Å². The Bertz CT molecular complexity index is 509. The summed E-state index contributed by atoms with van der Waals surface area (Å²) in [7, 11) is 0. The third-order valence-corrected chi connectivity index (χ3v) is 4.41. The molecule has 2 saturated heterocycles. The molecule has 6 nitrogen and oxygen atoms in total. The Balaban J connectivity index is 1.67. The zero-order valence-electron chi connectivity index (χ0n) is 11.3. The molecule has 0 atom stereocenters. The van der Waals surface area contributed by atoms with Gasteiger partial charge in [-0.15, -0.1) is 0 Å². The molecule has 2 aliphatic rings. The molecule has 1 aromatic rings. The van der Waals surface area contributed by atoms with Crippen molar-refractivity contribution in [1.29, 1.82) is 0 Å². The van der Waals surface area contributed by atoms with Gasteiger partial charge in [0.15, 0.2) is 0 Å². The Labute approximate surface area is 117 Å². The highest BCUT2D eigenvalue weighted by Crippen LogP contribution is 2.38. The molecule has 1 aromatic heterocycles. The molecule has 0 bridgehead atoms. The number of hydrogen-bond donors (Lipinski definition) is 1. The summed E-state index contributed by atoms with van der Waals surface area (Å²) in [6, 6.07) is 0. The van der Waals surface area contributed by atoms with Crippen molar-refractivity contribution in [2.45, 2.75) is 25.7 Å². The van der Waals surface area contributed by atoms with Gasteiger partial charge in [0.25, 0.3) is 5.91 Å². The van der Waals surface area contributed by atoms with Crippen molar-refractivity contribution in [3.8, 4) is 0 Å². The fraction of sp³-hybridized carbons (Fsp3) is 0.571. The van der Waals surface area contributed by atoms with Gasteiger partial charge in [0.2, 0.25) is 5.91 Å². The molecule has 106 valence electrons. The minimum atomic E-state index is -0.248. The molecular weight excluding hydrogens is 256 g/mol. The number of rotatable bonds is 1. The molecule has 2 aliphatic heterocycles. The van der Waals surface area contributed by atoms with Crippen LogP contribution >= 0.6 is 0 Å². The van der Waals surface area contributed by atoms with E-state index in [2.05, 4.69) is 15.3 Å². The van der Waals surface area contributed by atoms with Crippen LogP contribution in [0.3, 0.4) is 0 Å². The van der Waals surface area contributed by atoms with Crippen LogP contribution < -0.4 is 5.32 Å². The highest BCUT2D eigenvalue weighted by Gasteiger charge is 2.43. The first-order valence-corrected chi connectivity index (χ1v) is 7.04. The summed E-state index contributed by atoms with van der Waals surface area (Å²) in [6.45, 7) is 2.03. The molecule has 6 heteroatoms. The zero-order valence-corrected chi connectivity index (χ0v) is 11.3. The van der Waals surface area contributed by atoms with Gasteiger partial charge in [-0.1, -0.05) is 0 Å². The van der Waals surface area contributed by atoms with Crippen LogP contribution in [0, 0.1) is 5.41 Å². The Morgan fingerprint density at radius 2 is 1.90 bits per heavy atom. The van der Waals surface area contributed by atoms with Crippen molar-refractivity contribution in [3.05, 3.63) is 24.3 Å². The number of piperidine rings is 2. The van der Waals surface area contributed by atoms with Crippen LogP contribution in [0.2, 0.25) is 0 Å². The van der Waals surface area contributed by atoms with Crippen LogP contribution in [0.5, 0.6) is 0 Å². The van der Waals surface area contributed by atoms with Gasteiger partial charge in [0.05, 0.1) is 11.0 Å². The molecule has 0 unspecified atom stereocenters. The quantitative estimate of drug-likeness (QED) is 0.814. The van der Waals surface area contributed by atoms with E-state index in [0.29, 0.717) is 18.7 Å². The van der Waals surface area contributed by atoms with Gasteiger partial charge in [0, 0.05) is 32.0 Å². The summed E-state index contributed by atoms with van der Waals surface area (Å²) in [5.74, 6) is 0.121. The van der Waals surface area contributed by atoms with Gasteiger partial charge >= 0.3 is 0 Å². The standard InChI is InChI=1S/C14H18N4O2/c19-12(11-8-15-10-16-9-11)18-6-3-14(4-7-18)2-1-5-17-13(14)20/h8-10H,1-7H2,(H,17,20). The maximum atomic E-state index is 12.3. The van der Waals surface area contributed by atoms with Gasteiger partial charge in [0.1, 0.15) is 6.33 Å². The third-order valence-electron chi connectivity index (χ3n) is 4.41. The maximum absolute atomic E-state index is 12.3. The van der Waals surface area contributed by atoms with E-state index in [4.69, 9.17) is 0 Å². The van der Waals surface area contributed by atoms with Crippen molar-refractivity contribution in [2.75, 3.05) is 19.6 Å². The summed E-state index contributed by atoms with van der Waals surface area (Å²) in [5.41, 5.74) is 0.263. The second kappa shape index (κ2) is 5.19. The average molecular weight is 274 g/mol. The van der Waals surface area contributed by atoms with Crippen molar-refractivity contribution >= 4 is 11.8 Å². The molecule has 0 radical (unpaired) electrons.